The van der Waals surface area contributed by atoms with E-state index in [-0.39, 0.29) is 0 Å². The zero-order valence-corrected chi connectivity index (χ0v) is 22.0. The van der Waals surface area contributed by atoms with Crippen LogP contribution in [0.15, 0.2) is 48.8 Å². The number of H-pyrrole nitrogens is 2. The standard InChI is InChI=1S/C28H35N4O4P/c33-37(34,35-25-9-5-7-23-27(25)21(19-29-23)11-17-31-13-1-2-14-31)36-26-10-6-8-24-28(26)22(20-30-24)12-18-32-15-3-4-16-32/h5-10,19-20,29-30H,1-4,11-18H2,(H,33,34). The average molecular weight is 523 g/mol. The van der Waals surface area contributed by atoms with Gasteiger partial charge in [0.2, 0.25) is 0 Å². The van der Waals surface area contributed by atoms with Gasteiger partial charge >= 0.3 is 7.82 Å². The van der Waals surface area contributed by atoms with Gasteiger partial charge in [0, 0.05) is 47.3 Å². The summed E-state index contributed by atoms with van der Waals surface area (Å²) < 4.78 is 24.8. The van der Waals surface area contributed by atoms with E-state index in [0.29, 0.717) is 11.5 Å². The Kier molecular flexibility index (Phi) is 7.00. The van der Waals surface area contributed by atoms with Crippen molar-refractivity contribution in [3.8, 4) is 11.5 Å². The Labute approximate surface area is 217 Å². The van der Waals surface area contributed by atoms with Crippen molar-refractivity contribution in [2.24, 2.45) is 0 Å². The summed E-state index contributed by atoms with van der Waals surface area (Å²) in [6, 6.07) is 11.0. The lowest BCUT2D eigenvalue weighted by Gasteiger charge is -2.17. The Morgan fingerprint density at radius 3 is 1.59 bits per heavy atom. The highest BCUT2D eigenvalue weighted by Gasteiger charge is 2.28. The van der Waals surface area contributed by atoms with E-state index in [1.807, 2.05) is 36.7 Å². The fraction of sp³-hybridized carbons (Fsp3) is 0.429. The van der Waals surface area contributed by atoms with Crippen LogP contribution >= 0.6 is 7.82 Å². The number of nitrogens with one attached hydrogen (secondary N) is 2. The van der Waals surface area contributed by atoms with Crippen molar-refractivity contribution in [3.05, 3.63) is 59.9 Å². The molecule has 2 fully saturated rings. The van der Waals surface area contributed by atoms with Crippen LogP contribution in [-0.2, 0) is 17.4 Å². The second kappa shape index (κ2) is 10.5. The molecule has 0 atom stereocenters. The maximum Gasteiger partial charge on any atom is 0.584 e. The molecule has 3 N–H and O–H groups in total. The zero-order valence-electron chi connectivity index (χ0n) is 21.1. The molecule has 2 aliphatic rings. The van der Waals surface area contributed by atoms with Gasteiger partial charge in [0.15, 0.2) is 0 Å². The van der Waals surface area contributed by atoms with E-state index in [2.05, 4.69) is 19.8 Å². The highest BCUT2D eigenvalue weighted by Crippen LogP contribution is 2.48. The first-order chi connectivity index (χ1) is 18.1. The molecule has 6 rings (SSSR count). The van der Waals surface area contributed by atoms with Gasteiger partial charge in [0.1, 0.15) is 11.5 Å². The number of hydrogen-bond donors (Lipinski definition) is 3. The number of rotatable bonds is 10. The van der Waals surface area contributed by atoms with Gasteiger partial charge in [-0.25, -0.2) is 4.57 Å². The molecule has 2 saturated heterocycles. The highest BCUT2D eigenvalue weighted by molar-refractivity contribution is 7.48. The highest BCUT2D eigenvalue weighted by atomic mass is 31.2. The first kappa shape index (κ1) is 24.6. The van der Waals surface area contributed by atoms with Crippen LogP contribution in [-0.4, -0.2) is 63.9 Å². The predicted molar refractivity (Wildman–Crippen MR) is 146 cm³/mol. The summed E-state index contributed by atoms with van der Waals surface area (Å²) in [7, 11) is -4.46. The summed E-state index contributed by atoms with van der Waals surface area (Å²) in [5, 5.41) is 1.68. The molecule has 4 heterocycles. The maximum atomic E-state index is 13.3. The van der Waals surface area contributed by atoms with Crippen molar-refractivity contribution < 1.29 is 18.5 Å². The van der Waals surface area contributed by atoms with Crippen molar-refractivity contribution in [2.45, 2.75) is 38.5 Å². The molecule has 2 aromatic carbocycles. The minimum Gasteiger partial charge on any atom is -0.394 e. The Bertz CT molecular complexity index is 1310. The van der Waals surface area contributed by atoms with Crippen LogP contribution in [0.1, 0.15) is 36.8 Å². The Balaban J connectivity index is 1.22. The number of likely N-dealkylation sites (tertiary alicyclic amines) is 2. The molecular weight excluding hydrogens is 487 g/mol. The molecule has 4 aromatic rings. The number of fused-ring (bicyclic) bond motifs is 2. The van der Waals surface area contributed by atoms with E-state index < -0.39 is 7.82 Å². The van der Waals surface area contributed by atoms with Crippen LogP contribution in [0.4, 0.5) is 0 Å². The van der Waals surface area contributed by atoms with Crippen LogP contribution in [0.25, 0.3) is 21.8 Å². The average Bonchev–Trinajstić information content (AvgIpc) is 3.69. The number of nitrogens with zero attached hydrogens (tertiary/aromatic N) is 2. The molecule has 8 nitrogen and oxygen atoms in total. The fourth-order valence-corrected chi connectivity index (χ4v) is 6.66. The summed E-state index contributed by atoms with van der Waals surface area (Å²) in [4.78, 5) is 22.4. The van der Waals surface area contributed by atoms with Gasteiger partial charge in [-0.15, -0.1) is 0 Å². The maximum absolute atomic E-state index is 13.3. The number of phosphoric ester groups is 1. The predicted octanol–water partition coefficient (Wildman–Crippen LogP) is 5.48. The Morgan fingerprint density at radius 2 is 1.16 bits per heavy atom. The number of aromatic nitrogens is 2. The molecular formula is C28H35N4O4P. The monoisotopic (exact) mass is 522 g/mol. The molecule has 9 heteroatoms. The Morgan fingerprint density at radius 1 is 0.730 bits per heavy atom. The van der Waals surface area contributed by atoms with Gasteiger partial charge in [-0.05, 0) is 100 Å². The first-order valence-corrected chi connectivity index (χ1v) is 14.9. The molecule has 0 radical (unpaired) electrons. The van der Waals surface area contributed by atoms with Crippen LogP contribution in [0.2, 0.25) is 0 Å². The van der Waals surface area contributed by atoms with Gasteiger partial charge in [-0.3, -0.25) is 4.89 Å². The molecule has 196 valence electrons. The van der Waals surface area contributed by atoms with Crippen molar-refractivity contribution in [2.75, 3.05) is 39.3 Å². The van der Waals surface area contributed by atoms with Crippen molar-refractivity contribution in [3.63, 3.8) is 0 Å². The van der Waals surface area contributed by atoms with Crippen molar-refractivity contribution in [1.82, 2.24) is 19.8 Å². The number of aromatic amines is 2. The van der Waals surface area contributed by atoms with Gasteiger partial charge in [0.05, 0.1) is 0 Å². The van der Waals surface area contributed by atoms with E-state index in [9.17, 15) is 9.46 Å². The lowest BCUT2D eigenvalue weighted by atomic mass is 10.1. The second-order valence-electron chi connectivity index (χ2n) is 10.2. The van der Waals surface area contributed by atoms with E-state index >= 15 is 0 Å². The Hall–Kier alpha value is -2.77. The number of phosphoric acid groups is 1. The minimum absolute atomic E-state index is 0.358. The fourth-order valence-electron chi connectivity index (χ4n) is 5.82. The summed E-state index contributed by atoms with van der Waals surface area (Å²) in [6.45, 7) is 6.47. The quantitative estimate of drug-likeness (QED) is 0.239. The summed E-state index contributed by atoms with van der Waals surface area (Å²) in [6.07, 6.45) is 10.7. The lowest BCUT2D eigenvalue weighted by molar-refractivity contribution is 0.293. The molecule has 0 saturated carbocycles. The van der Waals surface area contributed by atoms with Gasteiger partial charge in [-0.2, -0.15) is 0 Å². The largest absolute Gasteiger partial charge is 0.584 e. The van der Waals surface area contributed by atoms with Crippen LogP contribution < -0.4 is 9.05 Å². The third kappa shape index (κ3) is 5.43. The molecule has 0 unspecified atom stereocenters. The number of benzene rings is 2. The molecule has 0 amide bonds. The lowest BCUT2D eigenvalue weighted by Crippen LogP contribution is -2.21. The molecule has 0 aliphatic carbocycles. The third-order valence-corrected chi connectivity index (χ3v) is 8.57. The van der Waals surface area contributed by atoms with Crippen molar-refractivity contribution in [1.29, 1.82) is 0 Å². The van der Waals surface area contributed by atoms with Gasteiger partial charge in [0.25, 0.3) is 0 Å². The van der Waals surface area contributed by atoms with Gasteiger partial charge in [-0.1, -0.05) is 12.1 Å². The van der Waals surface area contributed by atoms with E-state index in [1.165, 1.54) is 25.7 Å². The molecule has 0 bridgehead atoms. The van der Waals surface area contributed by atoms with Gasteiger partial charge < -0.3 is 28.8 Å². The summed E-state index contributed by atoms with van der Waals surface area (Å²) in [5.74, 6) is 0.716. The van der Waals surface area contributed by atoms with E-state index in [0.717, 1.165) is 85.0 Å². The van der Waals surface area contributed by atoms with Crippen molar-refractivity contribution >= 4 is 29.6 Å². The first-order valence-electron chi connectivity index (χ1n) is 13.4. The zero-order chi connectivity index (χ0) is 25.2. The normalized spacial score (nSPS) is 17.3. The van der Waals surface area contributed by atoms with E-state index in [4.69, 9.17) is 9.05 Å². The third-order valence-electron chi connectivity index (χ3n) is 7.72. The van der Waals surface area contributed by atoms with Crippen LogP contribution in [0, 0.1) is 0 Å². The molecule has 2 aromatic heterocycles. The van der Waals surface area contributed by atoms with Crippen LogP contribution in [0.5, 0.6) is 11.5 Å². The molecule has 0 spiro atoms. The van der Waals surface area contributed by atoms with E-state index in [1.54, 1.807) is 12.1 Å². The molecule has 37 heavy (non-hydrogen) atoms. The summed E-state index contributed by atoms with van der Waals surface area (Å²) in [5.41, 5.74) is 3.92. The topological polar surface area (TPSA) is 93.8 Å². The summed E-state index contributed by atoms with van der Waals surface area (Å²) >= 11 is 0. The second-order valence-corrected chi connectivity index (χ2v) is 11.5. The smallest absolute Gasteiger partial charge is 0.394 e. The SMILES string of the molecule is O=P(O)(Oc1cccc2[nH]cc(CCN3CCCC3)c12)Oc1cccc2[nH]cc(CCN3CCCC3)c12. The number of hydrogen-bond acceptors (Lipinski definition) is 5. The van der Waals surface area contributed by atoms with Crippen LogP contribution in [0.3, 0.4) is 0 Å². The minimum atomic E-state index is -4.46. The molecule has 2 aliphatic heterocycles.